The van der Waals surface area contributed by atoms with E-state index in [1.165, 1.54) is 63.3 Å². The smallest absolute Gasteiger partial charge is 0.0572 e. The van der Waals surface area contributed by atoms with E-state index in [1.807, 2.05) is 39.4 Å². The Hall–Kier alpha value is -2.93. The zero-order valence-corrected chi connectivity index (χ0v) is 23.9. The summed E-state index contributed by atoms with van der Waals surface area (Å²) in [5.74, 6) is 0. The quantitative estimate of drug-likeness (QED) is 0.0973. The van der Waals surface area contributed by atoms with E-state index in [4.69, 9.17) is 0 Å². The van der Waals surface area contributed by atoms with Crippen molar-refractivity contribution in [3.8, 4) is 0 Å². The first-order valence-corrected chi connectivity index (χ1v) is 16.6. The van der Waals surface area contributed by atoms with E-state index in [0.29, 0.717) is 0 Å². The monoisotopic (exact) mass is 566 g/mol. The second-order valence-electron chi connectivity index (χ2n) is 8.82. The van der Waals surface area contributed by atoms with Gasteiger partial charge in [-0.2, -0.15) is 13.5 Å². The third-order valence-corrected chi connectivity index (χ3v) is 12.9. The lowest BCUT2D eigenvalue weighted by Crippen LogP contribution is -1.79. The van der Waals surface area contributed by atoms with Crippen molar-refractivity contribution in [3.63, 3.8) is 0 Å². The van der Waals surface area contributed by atoms with Gasteiger partial charge in [-0.25, -0.2) is 0 Å². The van der Waals surface area contributed by atoms with Crippen LogP contribution >= 0.6 is 52.9 Å². The SMILES string of the molecule is S.c1ccc2c(c1)ccc1c3ccccc3ccc21.c1ccc2cc3cc4ssssc4cc3cc2c1. The van der Waals surface area contributed by atoms with E-state index >= 15 is 0 Å². The van der Waals surface area contributed by atoms with E-state index in [-0.39, 0.29) is 13.5 Å². The maximum absolute atomic E-state index is 2.32. The first-order valence-electron chi connectivity index (χ1n) is 11.8. The molecule has 180 valence electrons. The highest BCUT2D eigenvalue weighted by Gasteiger charge is 2.04. The van der Waals surface area contributed by atoms with Crippen molar-refractivity contribution in [2.24, 2.45) is 0 Å². The maximum atomic E-state index is 2.32. The van der Waals surface area contributed by atoms with E-state index in [2.05, 4.69) is 121 Å². The van der Waals surface area contributed by atoms with E-state index in [0.717, 1.165) is 0 Å². The fourth-order valence-electron chi connectivity index (χ4n) is 4.95. The van der Waals surface area contributed by atoms with Crippen LogP contribution in [-0.2, 0) is 0 Å². The molecule has 0 nitrogen and oxygen atoms in total. The molecule has 0 aliphatic rings. The molecule has 0 atom stereocenters. The Labute approximate surface area is 236 Å². The van der Waals surface area contributed by atoms with E-state index in [1.54, 1.807) is 0 Å². The predicted octanol–water partition coefficient (Wildman–Crippen LogP) is 11.8. The highest BCUT2D eigenvalue weighted by atomic mass is 33.4. The molecule has 0 unspecified atom stereocenters. The second-order valence-corrected chi connectivity index (χ2v) is 14.6. The Morgan fingerprint density at radius 3 is 1.19 bits per heavy atom. The summed E-state index contributed by atoms with van der Waals surface area (Å²) in [4.78, 5) is 0. The van der Waals surface area contributed by atoms with Gasteiger partial charge in [0.25, 0.3) is 0 Å². The minimum absolute atomic E-state index is 0. The minimum atomic E-state index is 0. The van der Waals surface area contributed by atoms with Crippen molar-refractivity contribution in [1.29, 1.82) is 0 Å². The van der Waals surface area contributed by atoms with Crippen molar-refractivity contribution in [2.75, 3.05) is 0 Å². The lowest BCUT2D eigenvalue weighted by molar-refractivity contribution is 1.77. The number of rotatable bonds is 0. The lowest BCUT2D eigenvalue weighted by Gasteiger charge is -2.07. The number of hydrogen-bond donors (Lipinski definition) is 0. The van der Waals surface area contributed by atoms with Gasteiger partial charge in [-0.15, -0.1) is 0 Å². The Balaban J connectivity index is 0.000000133. The van der Waals surface area contributed by atoms with Crippen LogP contribution in [0.2, 0.25) is 0 Å². The molecular formula is C32H22S5. The molecule has 0 saturated heterocycles. The molecule has 0 aliphatic carbocycles. The zero-order chi connectivity index (χ0) is 23.9. The Morgan fingerprint density at radius 1 is 0.324 bits per heavy atom. The summed E-state index contributed by atoms with van der Waals surface area (Å²) in [6.07, 6.45) is 0. The topological polar surface area (TPSA) is 0 Å². The van der Waals surface area contributed by atoms with Gasteiger partial charge in [0.05, 0.1) is 9.40 Å². The van der Waals surface area contributed by atoms with Crippen LogP contribution in [0.5, 0.6) is 0 Å². The molecule has 8 aromatic rings. The molecule has 0 spiro atoms. The van der Waals surface area contributed by atoms with Gasteiger partial charge in [-0.05, 0) is 96.8 Å². The molecule has 37 heavy (non-hydrogen) atoms. The average Bonchev–Trinajstić information content (AvgIpc) is 2.95. The molecule has 0 N–H and O–H groups in total. The molecule has 0 fully saturated rings. The predicted molar refractivity (Wildman–Crippen MR) is 177 cm³/mol. The summed E-state index contributed by atoms with van der Waals surface area (Å²) >= 11 is 0. The zero-order valence-electron chi connectivity index (χ0n) is 19.7. The number of hydrogen-bond acceptors (Lipinski definition) is 4. The standard InChI is InChI=1S/C18H12.C14H8S4.H2S/c1-3-7-15-13(5-1)9-11-18-16-8-4-2-6-14(16)10-12-17(15)18;1-2-4-10-6-12-8-14-13(15-17-18-16-14)7-11(12)5-9(10)3-1;/h1-12H;1-8H;1H2. The van der Waals surface area contributed by atoms with Crippen molar-refractivity contribution in [1.82, 2.24) is 0 Å². The van der Waals surface area contributed by atoms with Gasteiger partial charge in [0.2, 0.25) is 0 Å². The van der Waals surface area contributed by atoms with E-state index in [9.17, 15) is 0 Å². The van der Waals surface area contributed by atoms with Gasteiger partial charge in [0.15, 0.2) is 0 Å². The van der Waals surface area contributed by atoms with Gasteiger partial charge in [-0.1, -0.05) is 118 Å². The van der Waals surface area contributed by atoms with Crippen LogP contribution in [0.3, 0.4) is 0 Å². The van der Waals surface area contributed by atoms with Crippen LogP contribution < -0.4 is 0 Å². The summed E-state index contributed by atoms with van der Waals surface area (Å²) < 4.78 is 2.79. The summed E-state index contributed by atoms with van der Waals surface area (Å²) in [7, 11) is 7.43. The van der Waals surface area contributed by atoms with Crippen molar-refractivity contribution in [3.05, 3.63) is 121 Å². The average molecular weight is 567 g/mol. The molecule has 8 rings (SSSR count). The molecular weight excluding hydrogens is 545 g/mol. The highest BCUT2D eigenvalue weighted by Crippen LogP contribution is 2.35. The minimum Gasteiger partial charge on any atom is -0.197 e. The molecule has 0 amide bonds. The second kappa shape index (κ2) is 10.4. The maximum Gasteiger partial charge on any atom is 0.0572 e. The van der Waals surface area contributed by atoms with Crippen LogP contribution in [0.1, 0.15) is 0 Å². The largest absolute Gasteiger partial charge is 0.197 e. The summed E-state index contributed by atoms with van der Waals surface area (Å²) in [6.45, 7) is 0. The van der Waals surface area contributed by atoms with Gasteiger partial charge in [0, 0.05) is 0 Å². The molecule has 5 heteroatoms. The van der Waals surface area contributed by atoms with E-state index < -0.39 is 0 Å². The molecule has 0 radical (unpaired) electrons. The van der Waals surface area contributed by atoms with Gasteiger partial charge in [0.1, 0.15) is 0 Å². The molecule has 0 bridgehead atoms. The summed E-state index contributed by atoms with van der Waals surface area (Å²) in [5, 5.41) is 13.3. The molecule has 1 aromatic heterocycles. The molecule has 0 saturated carbocycles. The lowest BCUT2D eigenvalue weighted by atomic mass is 9.97. The Bertz CT molecular complexity index is 1830. The first-order chi connectivity index (χ1) is 17.8. The molecule has 1 heterocycles. The molecule has 0 aliphatic heterocycles. The normalized spacial score (nSPS) is 11.0. The third-order valence-electron chi connectivity index (χ3n) is 6.69. The Kier molecular flexibility index (Phi) is 6.89. The third kappa shape index (κ3) is 4.63. The van der Waals surface area contributed by atoms with Crippen molar-refractivity contribution >= 4 is 116 Å². The first kappa shape index (κ1) is 24.4. The summed E-state index contributed by atoms with van der Waals surface area (Å²) in [5.41, 5.74) is 0. The van der Waals surface area contributed by atoms with Crippen molar-refractivity contribution in [2.45, 2.75) is 0 Å². The summed E-state index contributed by atoms with van der Waals surface area (Å²) in [6, 6.07) is 43.8. The van der Waals surface area contributed by atoms with Gasteiger partial charge in [-0.3, -0.25) is 0 Å². The number of fused-ring (bicyclic) bond motifs is 8. The Morgan fingerprint density at radius 2 is 0.730 bits per heavy atom. The fourth-order valence-corrected chi connectivity index (χ4v) is 11.1. The van der Waals surface area contributed by atoms with Crippen molar-refractivity contribution < 1.29 is 0 Å². The van der Waals surface area contributed by atoms with Gasteiger partial charge >= 0.3 is 0 Å². The van der Waals surface area contributed by atoms with Gasteiger partial charge < -0.3 is 0 Å². The molecule has 7 aromatic carbocycles. The van der Waals surface area contributed by atoms with Crippen LogP contribution in [0.15, 0.2) is 121 Å². The number of benzene rings is 7. The van der Waals surface area contributed by atoms with Crippen LogP contribution in [0.4, 0.5) is 0 Å². The fraction of sp³-hybridized carbons (Fsp3) is 0. The van der Waals surface area contributed by atoms with Crippen LogP contribution in [0.25, 0.3) is 63.3 Å². The highest BCUT2D eigenvalue weighted by molar-refractivity contribution is 8.09. The van der Waals surface area contributed by atoms with Crippen LogP contribution in [-0.4, -0.2) is 0 Å². The van der Waals surface area contributed by atoms with Crippen LogP contribution in [0, 0.1) is 0 Å².